The summed E-state index contributed by atoms with van der Waals surface area (Å²) < 4.78 is -0.952. The molecule has 6 atom stereocenters. The molecule has 0 saturated carbocycles. The summed E-state index contributed by atoms with van der Waals surface area (Å²) in [5, 5.41) is 12.7. The van der Waals surface area contributed by atoms with Gasteiger partial charge in [0, 0.05) is 30.6 Å². The first kappa shape index (κ1) is 27.9. The van der Waals surface area contributed by atoms with Gasteiger partial charge in [-0.25, -0.2) is 0 Å². The van der Waals surface area contributed by atoms with Crippen LogP contribution in [-0.4, -0.2) is 74.9 Å². The molecule has 0 aromatic heterocycles. The summed E-state index contributed by atoms with van der Waals surface area (Å²) >= 11 is 1.57. The van der Waals surface area contributed by atoms with Crippen molar-refractivity contribution in [2.45, 2.75) is 35.4 Å². The molecule has 1 N–H and O–H groups in total. The van der Waals surface area contributed by atoms with Crippen LogP contribution >= 0.6 is 11.8 Å². The Bertz CT molecular complexity index is 1640. The summed E-state index contributed by atoms with van der Waals surface area (Å²) in [5.41, 5.74) is 1.51. The van der Waals surface area contributed by atoms with E-state index in [-0.39, 0.29) is 29.6 Å². The number of carbonyl (C=O) groups excluding carboxylic acids is 3. The van der Waals surface area contributed by atoms with Gasteiger partial charge in [0.25, 0.3) is 5.91 Å². The number of hydrogen-bond donors (Lipinski definition) is 1. The normalized spacial score (nSPS) is 29.0. The third-order valence-electron chi connectivity index (χ3n) is 9.41. The Labute approximate surface area is 255 Å². The van der Waals surface area contributed by atoms with E-state index in [4.69, 9.17) is 0 Å². The first-order valence-corrected chi connectivity index (χ1v) is 16.0. The Morgan fingerprint density at radius 2 is 1.67 bits per heavy atom. The van der Waals surface area contributed by atoms with Gasteiger partial charge in [0.1, 0.15) is 6.04 Å². The van der Waals surface area contributed by atoms with E-state index in [1.54, 1.807) is 21.6 Å². The molecule has 2 saturated heterocycles. The van der Waals surface area contributed by atoms with Crippen LogP contribution in [0.25, 0.3) is 10.8 Å². The van der Waals surface area contributed by atoms with Gasteiger partial charge in [-0.15, -0.1) is 11.8 Å². The quantitative estimate of drug-likeness (QED) is 0.424. The van der Waals surface area contributed by atoms with Gasteiger partial charge in [-0.3, -0.25) is 14.4 Å². The fourth-order valence-electron chi connectivity index (χ4n) is 7.54. The van der Waals surface area contributed by atoms with E-state index in [9.17, 15) is 19.5 Å². The largest absolute Gasteiger partial charge is 0.394 e. The molecular formula is C35H35N3O4S. The number of likely N-dealkylation sites (tertiary alicyclic amines) is 1. The molecule has 3 aromatic carbocycles. The molecule has 4 aliphatic rings. The molecule has 7 nitrogen and oxygen atoms in total. The summed E-state index contributed by atoms with van der Waals surface area (Å²) in [7, 11) is 0. The molecule has 8 heteroatoms. The predicted octanol–water partition coefficient (Wildman–Crippen LogP) is 4.58. The molecule has 1 unspecified atom stereocenters. The van der Waals surface area contributed by atoms with Crippen LogP contribution in [0.15, 0.2) is 97.1 Å². The second-order valence-electron chi connectivity index (χ2n) is 11.8. The monoisotopic (exact) mass is 593 g/mol. The van der Waals surface area contributed by atoms with Crippen molar-refractivity contribution in [2.24, 2.45) is 11.8 Å². The van der Waals surface area contributed by atoms with Crippen LogP contribution in [0.4, 0.5) is 5.69 Å². The summed E-state index contributed by atoms with van der Waals surface area (Å²) in [6.45, 7) is 3.20. The number of hydrogen-bond acceptors (Lipinski definition) is 5. The van der Waals surface area contributed by atoms with Gasteiger partial charge in [0.2, 0.25) is 11.8 Å². The fourth-order valence-corrected chi connectivity index (χ4v) is 9.53. The van der Waals surface area contributed by atoms with E-state index in [0.29, 0.717) is 19.6 Å². The molecular weight excluding hydrogens is 558 g/mol. The molecule has 43 heavy (non-hydrogen) atoms. The zero-order valence-electron chi connectivity index (χ0n) is 24.1. The number of benzene rings is 3. The van der Waals surface area contributed by atoms with Gasteiger partial charge in [-0.05, 0) is 34.9 Å². The number of thioether (sulfide) groups is 1. The number of anilines is 1. The zero-order chi connectivity index (χ0) is 29.7. The maximum absolute atomic E-state index is 14.9. The van der Waals surface area contributed by atoms with E-state index in [1.807, 2.05) is 103 Å². The van der Waals surface area contributed by atoms with Crippen molar-refractivity contribution in [3.63, 3.8) is 0 Å². The Balaban J connectivity index is 1.37. The van der Waals surface area contributed by atoms with Crippen LogP contribution in [-0.2, 0) is 14.4 Å². The smallest absolute Gasteiger partial charge is 0.251 e. The van der Waals surface area contributed by atoms with Crippen molar-refractivity contribution in [3.05, 3.63) is 103 Å². The Morgan fingerprint density at radius 3 is 2.44 bits per heavy atom. The van der Waals surface area contributed by atoms with Gasteiger partial charge in [0.05, 0.1) is 29.2 Å². The lowest BCUT2D eigenvalue weighted by molar-refractivity contribution is -0.144. The maximum atomic E-state index is 14.9. The SMILES string of the molecule is CCCN1CC=C[C@@H]2S[C@]34C=CCN(c5ccc6ccccc6c5)C(=O)C3N([C@H](CO)c3ccccc3)C(=O)[C@@H]4[C@@H]2C1=O. The number of aliphatic hydroxyl groups excluding tert-OH is 1. The molecule has 1 spiro atoms. The third-order valence-corrected chi connectivity index (χ3v) is 11.2. The number of fused-ring (bicyclic) bond motifs is 3. The number of carbonyl (C=O) groups is 3. The molecule has 3 amide bonds. The number of rotatable bonds is 6. The number of nitrogens with zero attached hydrogens (tertiary/aromatic N) is 3. The van der Waals surface area contributed by atoms with Crippen molar-refractivity contribution in [1.29, 1.82) is 0 Å². The Morgan fingerprint density at radius 1 is 0.907 bits per heavy atom. The van der Waals surface area contributed by atoms with Crippen LogP contribution in [0.1, 0.15) is 24.9 Å². The average molecular weight is 594 g/mol. The van der Waals surface area contributed by atoms with Crippen LogP contribution < -0.4 is 4.90 Å². The minimum atomic E-state index is -0.952. The van der Waals surface area contributed by atoms with Gasteiger partial charge in [-0.2, -0.15) is 0 Å². The molecule has 220 valence electrons. The van der Waals surface area contributed by atoms with Crippen LogP contribution in [0, 0.1) is 11.8 Å². The summed E-state index contributed by atoms with van der Waals surface area (Å²) in [6.07, 6.45) is 8.94. The number of aliphatic hydroxyl groups is 1. The zero-order valence-corrected chi connectivity index (χ0v) is 24.9. The van der Waals surface area contributed by atoms with Gasteiger partial charge < -0.3 is 19.8 Å². The first-order valence-electron chi connectivity index (χ1n) is 15.1. The van der Waals surface area contributed by atoms with Gasteiger partial charge in [-0.1, -0.05) is 91.9 Å². The van der Waals surface area contributed by atoms with E-state index in [1.165, 1.54) is 0 Å². The second kappa shape index (κ2) is 11.0. The minimum absolute atomic E-state index is 0.0306. The molecule has 0 radical (unpaired) electrons. The highest BCUT2D eigenvalue weighted by molar-refractivity contribution is 8.02. The molecule has 3 aromatic rings. The standard InChI is InChI=1S/C35H35N3O4S/c1-2-18-36-19-8-14-28-29(32(36)40)30-33(41)38(27(22-39)24-11-4-3-5-12-24)31-34(42)37(20-9-17-35(30,31)43-28)26-16-15-23-10-6-7-13-25(23)21-26/h3-17,21,27-31,39H,2,18-20,22H2,1H3/t27-,28+,29-,30+,31?,35+/m1/s1. The van der Waals surface area contributed by atoms with Gasteiger partial charge >= 0.3 is 0 Å². The average Bonchev–Trinajstić information content (AvgIpc) is 3.35. The van der Waals surface area contributed by atoms with E-state index < -0.39 is 28.7 Å². The fraction of sp³-hybridized carbons (Fsp3) is 0.343. The van der Waals surface area contributed by atoms with Crippen LogP contribution in [0.5, 0.6) is 0 Å². The lowest BCUT2D eigenvalue weighted by Crippen LogP contribution is -2.54. The molecule has 2 fully saturated rings. The van der Waals surface area contributed by atoms with Crippen LogP contribution in [0.3, 0.4) is 0 Å². The van der Waals surface area contributed by atoms with E-state index in [0.717, 1.165) is 28.4 Å². The highest BCUT2D eigenvalue weighted by Gasteiger charge is 2.71. The number of amides is 3. The second-order valence-corrected chi connectivity index (χ2v) is 13.3. The third kappa shape index (κ3) is 4.33. The highest BCUT2D eigenvalue weighted by Crippen LogP contribution is 2.62. The van der Waals surface area contributed by atoms with Crippen molar-refractivity contribution < 1.29 is 19.5 Å². The maximum Gasteiger partial charge on any atom is 0.251 e. The highest BCUT2D eigenvalue weighted by atomic mass is 32.2. The van der Waals surface area contributed by atoms with Crippen molar-refractivity contribution in [1.82, 2.24) is 9.80 Å². The summed E-state index contributed by atoms with van der Waals surface area (Å²) in [5.74, 6) is -1.79. The van der Waals surface area contributed by atoms with Crippen molar-refractivity contribution in [3.8, 4) is 0 Å². The lowest BCUT2D eigenvalue weighted by atomic mass is 9.78. The molecule has 4 aliphatic heterocycles. The summed E-state index contributed by atoms with van der Waals surface area (Å²) in [4.78, 5) is 49.0. The molecule has 4 heterocycles. The summed E-state index contributed by atoms with van der Waals surface area (Å²) in [6, 6.07) is 21.8. The Kier molecular flexibility index (Phi) is 7.14. The molecule has 0 aliphatic carbocycles. The van der Waals surface area contributed by atoms with E-state index in [2.05, 4.69) is 6.08 Å². The predicted molar refractivity (Wildman–Crippen MR) is 169 cm³/mol. The van der Waals surface area contributed by atoms with Gasteiger partial charge in [0.15, 0.2) is 0 Å². The minimum Gasteiger partial charge on any atom is -0.394 e. The van der Waals surface area contributed by atoms with E-state index >= 15 is 0 Å². The Hall–Kier alpha value is -3.88. The van der Waals surface area contributed by atoms with Crippen LogP contribution in [0.2, 0.25) is 0 Å². The molecule has 0 bridgehead atoms. The first-order chi connectivity index (χ1) is 21.0. The topological polar surface area (TPSA) is 81.2 Å². The molecule has 7 rings (SSSR count). The lowest BCUT2D eigenvalue weighted by Gasteiger charge is -2.38. The van der Waals surface area contributed by atoms with Crippen molar-refractivity contribution in [2.75, 3.05) is 31.1 Å². The van der Waals surface area contributed by atoms with Crippen molar-refractivity contribution >= 4 is 45.9 Å².